The maximum Gasteiger partial charge on any atom is 0.253 e. The molecule has 2 heterocycles. The van der Waals surface area contributed by atoms with Crippen LogP contribution in [0.2, 0.25) is 5.02 Å². The number of halogens is 1. The zero-order valence-corrected chi connectivity index (χ0v) is 16.1. The summed E-state index contributed by atoms with van der Waals surface area (Å²) in [4.78, 5) is 15.5. The predicted octanol–water partition coefficient (Wildman–Crippen LogP) is 5.02. The van der Waals surface area contributed by atoms with E-state index in [0.717, 1.165) is 22.2 Å². The van der Waals surface area contributed by atoms with Crippen LogP contribution >= 0.6 is 11.6 Å². The number of anilines is 1. The minimum Gasteiger partial charge on any atom is -0.495 e. The molecule has 2 aromatic carbocycles. The van der Waals surface area contributed by atoms with Crippen molar-refractivity contribution >= 4 is 28.2 Å². The maximum atomic E-state index is 12.6. The van der Waals surface area contributed by atoms with E-state index < -0.39 is 0 Å². The van der Waals surface area contributed by atoms with Crippen LogP contribution in [0.15, 0.2) is 64.2 Å². The normalized spacial score (nSPS) is 12.1. The van der Waals surface area contributed by atoms with Crippen molar-refractivity contribution in [2.24, 2.45) is 0 Å². The van der Waals surface area contributed by atoms with Gasteiger partial charge < -0.3 is 19.6 Å². The summed E-state index contributed by atoms with van der Waals surface area (Å²) in [5.74, 6) is 0.522. The first kappa shape index (κ1) is 18.1. The van der Waals surface area contributed by atoms with Crippen LogP contribution in [0.5, 0.6) is 5.75 Å². The third-order valence-electron chi connectivity index (χ3n) is 4.62. The first-order valence-corrected chi connectivity index (χ1v) is 9.10. The standard InChI is InChI=1S/C21H18ClN3O3/c1-12(24-16-5-3-4-13(6-16)15-10-23-28-11-15)17-7-14-8-18(22)20(27-2)9-19(14)25-21(17)26/h3-12,24H,1-2H3,(H,25,26)/t12-/m0/s1. The number of hydrogen-bond donors (Lipinski definition) is 2. The molecule has 0 radical (unpaired) electrons. The molecule has 1 atom stereocenters. The van der Waals surface area contributed by atoms with E-state index in [1.807, 2.05) is 37.3 Å². The van der Waals surface area contributed by atoms with Gasteiger partial charge in [-0.25, -0.2) is 0 Å². The largest absolute Gasteiger partial charge is 0.495 e. The smallest absolute Gasteiger partial charge is 0.253 e. The number of benzene rings is 2. The van der Waals surface area contributed by atoms with E-state index in [-0.39, 0.29) is 11.6 Å². The second-order valence-electron chi connectivity index (χ2n) is 6.49. The zero-order valence-electron chi connectivity index (χ0n) is 15.3. The quantitative estimate of drug-likeness (QED) is 0.496. The highest BCUT2D eigenvalue weighted by Crippen LogP contribution is 2.30. The molecule has 0 aliphatic carbocycles. The van der Waals surface area contributed by atoms with E-state index in [0.29, 0.717) is 21.9 Å². The number of aromatic amines is 1. The monoisotopic (exact) mass is 395 g/mol. The molecular weight excluding hydrogens is 378 g/mol. The lowest BCUT2D eigenvalue weighted by molar-refractivity contribution is 0.415. The molecule has 0 amide bonds. The number of pyridine rings is 1. The van der Waals surface area contributed by atoms with Crippen LogP contribution in [0, 0.1) is 0 Å². The first-order chi connectivity index (χ1) is 13.5. The van der Waals surface area contributed by atoms with Gasteiger partial charge in [-0.15, -0.1) is 0 Å². The second-order valence-corrected chi connectivity index (χ2v) is 6.89. The number of H-pyrrole nitrogens is 1. The summed E-state index contributed by atoms with van der Waals surface area (Å²) in [7, 11) is 1.54. The van der Waals surface area contributed by atoms with Crippen LogP contribution in [-0.2, 0) is 0 Å². The molecule has 4 rings (SSSR count). The molecule has 0 bridgehead atoms. The highest BCUT2D eigenvalue weighted by Gasteiger charge is 2.13. The summed E-state index contributed by atoms with van der Waals surface area (Å²) in [6.07, 6.45) is 3.25. The molecule has 28 heavy (non-hydrogen) atoms. The van der Waals surface area contributed by atoms with Gasteiger partial charge in [0.1, 0.15) is 12.0 Å². The number of rotatable bonds is 5. The molecule has 0 aliphatic rings. The summed E-state index contributed by atoms with van der Waals surface area (Å²) >= 11 is 6.23. The van der Waals surface area contributed by atoms with Gasteiger partial charge in [0.15, 0.2) is 0 Å². The fourth-order valence-corrected chi connectivity index (χ4v) is 3.42. The van der Waals surface area contributed by atoms with Gasteiger partial charge in [0.25, 0.3) is 5.56 Å². The van der Waals surface area contributed by atoms with Crippen molar-refractivity contribution in [2.45, 2.75) is 13.0 Å². The molecule has 0 spiro atoms. The molecule has 0 aliphatic heterocycles. The van der Waals surface area contributed by atoms with Crippen LogP contribution in [0.3, 0.4) is 0 Å². The Kier molecular flexibility index (Phi) is 4.79. The van der Waals surface area contributed by atoms with Crippen molar-refractivity contribution in [3.05, 3.63) is 75.9 Å². The van der Waals surface area contributed by atoms with E-state index in [4.69, 9.17) is 20.9 Å². The Bertz CT molecular complexity index is 1190. The number of nitrogens with zero attached hydrogens (tertiary/aromatic N) is 1. The van der Waals surface area contributed by atoms with Crippen molar-refractivity contribution in [1.82, 2.24) is 10.1 Å². The van der Waals surface area contributed by atoms with Gasteiger partial charge in [0, 0.05) is 28.3 Å². The zero-order chi connectivity index (χ0) is 19.7. The van der Waals surface area contributed by atoms with E-state index in [9.17, 15) is 4.79 Å². The maximum absolute atomic E-state index is 12.6. The van der Waals surface area contributed by atoms with Crippen LogP contribution in [0.25, 0.3) is 22.0 Å². The van der Waals surface area contributed by atoms with Gasteiger partial charge in [-0.2, -0.15) is 0 Å². The summed E-state index contributed by atoms with van der Waals surface area (Å²) < 4.78 is 10.1. The molecule has 0 unspecified atom stereocenters. The molecule has 4 aromatic rings. The Morgan fingerprint density at radius 1 is 1.21 bits per heavy atom. The second kappa shape index (κ2) is 7.40. The topological polar surface area (TPSA) is 80.2 Å². The van der Waals surface area contributed by atoms with Crippen LogP contribution in [-0.4, -0.2) is 17.3 Å². The molecular formula is C21H18ClN3O3. The number of hydrogen-bond acceptors (Lipinski definition) is 5. The molecule has 142 valence electrons. The first-order valence-electron chi connectivity index (χ1n) is 8.72. The van der Waals surface area contributed by atoms with Crippen LogP contribution < -0.4 is 15.6 Å². The van der Waals surface area contributed by atoms with Gasteiger partial charge in [0.05, 0.1) is 29.9 Å². The van der Waals surface area contributed by atoms with Gasteiger partial charge in [-0.3, -0.25) is 4.79 Å². The lowest BCUT2D eigenvalue weighted by Crippen LogP contribution is -2.19. The Labute approximate surface area is 166 Å². The van der Waals surface area contributed by atoms with Crippen LogP contribution in [0.4, 0.5) is 5.69 Å². The molecule has 6 nitrogen and oxygen atoms in total. The summed E-state index contributed by atoms with van der Waals surface area (Å²) in [5.41, 5.74) is 3.89. The molecule has 0 saturated carbocycles. The number of ether oxygens (including phenoxy) is 1. The Balaban J connectivity index is 1.65. The average molecular weight is 396 g/mol. The SMILES string of the molecule is COc1cc2[nH]c(=O)c([C@H](C)Nc3cccc(-c4cnoc4)c3)cc2cc1Cl. The molecule has 2 N–H and O–H groups in total. The van der Waals surface area contributed by atoms with Crippen molar-refractivity contribution < 1.29 is 9.26 Å². The highest BCUT2D eigenvalue weighted by molar-refractivity contribution is 6.32. The molecule has 0 fully saturated rings. The summed E-state index contributed by atoms with van der Waals surface area (Å²) in [5, 5.41) is 8.45. The van der Waals surface area contributed by atoms with Gasteiger partial charge in [0.2, 0.25) is 0 Å². The van der Waals surface area contributed by atoms with Crippen molar-refractivity contribution in [3.63, 3.8) is 0 Å². The fourth-order valence-electron chi connectivity index (χ4n) is 3.17. The molecule has 0 saturated heterocycles. The van der Waals surface area contributed by atoms with Crippen LogP contribution in [0.1, 0.15) is 18.5 Å². The third-order valence-corrected chi connectivity index (χ3v) is 4.92. The Morgan fingerprint density at radius 3 is 2.82 bits per heavy atom. The van der Waals surface area contributed by atoms with Crippen molar-refractivity contribution in [3.8, 4) is 16.9 Å². The van der Waals surface area contributed by atoms with Gasteiger partial charge in [-0.1, -0.05) is 28.9 Å². The third kappa shape index (κ3) is 3.46. The Hall–Kier alpha value is -3.25. The predicted molar refractivity (Wildman–Crippen MR) is 110 cm³/mol. The molecule has 7 heteroatoms. The van der Waals surface area contributed by atoms with Crippen molar-refractivity contribution in [1.29, 1.82) is 0 Å². The lowest BCUT2D eigenvalue weighted by Gasteiger charge is -2.16. The summed E-state index contributed by atoms with van der Waals surface area (Å²) in [6, 6.07) is 13.0. The van der Waals surface area contributed by atoms with E-state index in [1.54, 1.807) is 31.7 Å². The number of methoxy groups -OCH3 is 1. The number of nitrogens with one attached hydrogen (secondary N) is 2. The number of aromatic nitrogens is 2. The van der Waals surface area contributed by atoms with Gasteiger partial charge >= 0.3 is 0 Å². The van der Waals surface area contributed by atoms with E-state index in [1.165, 1.54) is 0 Å². The summed E-state index contributed by atoms with van der Waals surface area (Å²) in [6.45, 7) is 1.94. The van der Waals surface area contributed by atoms with E-state index >= 15 is 0 Å². The minimum absolute atomic E-state index is 0.160. The fraction of sp³-hybridized carbons (Fsp3) is 0.143. The molecule has 2 aromatic heterocycles. The average Bonchev–Trinajstić information content (AvgIpc) is 3.22. The highest BCUT2D eigenvalue weighted by atomic mass is 35.5. The van der Waals surface area contributed by atoms with Gasteiger partial charge in [-0.05, 0) is 36.8 Å². The Morgan fingerprint density at radius 2 is 2.07 bits per heavy atom. The number of fused-ring (bicyclic) bond motifs is 1. The lowest BCUT2D eigenvalue weighted by atomic mass is 10.1. The minimum atomic E-state index is -0.216. The van der Waals surface area contributed by atoms with Crippen molar-refractivity contribution in [2.75, 3.05) is 12.4 Å². The van der Waals surface area contributed by atoms with E-state index in [2.05, 4.69) is 15.5 Å².